The summed E-state index contributed by atoms with van der Waals surface area (Å²) in [7, 11) is 3.01. The summed E-state index contributed by atoms with van der Waals surface area (Å²) in [6.07, 6.45) is 3.74. The van der Waals surface area contributed by atoms with Crippen LogP contribution in [0.5, 0.6) is 11.5 Å². The van der Waals surface area contributed by atoms with Gasteiger partial charge in [0.1, 0.15) is 18.5 Å². The normalized spacial score (nSPS) is 27.7. The lowest BCUT2D eigenvalue weighted by molar-refractivity contribution is -0.149. The number of aliphatic hydroxyl groups is 2. The number of methoxy groups -OCH3 is 2. The Balaban J connectivity index is 1.69. The number of ether oxygens (including phenoxy) is 3. The van der Waals surface area contributed by atoms with Gasteiger partial charge in [0.15, 0.2) is 11.5 Å². The van der Waals surface area contributed by atoms with E-state index in [-0.39, 0.29) is 49.8 Å². The molecule has 11 heteroatoms. The van der Waals surface area contributed by atoms with Crippen molar-refractivity contribution in [3.8, 4) is 11.5 Å². The van der Waals surface area contributed by atoms with Crippen molar-refractivity contribution in [2.45, 2.75) is 64.2 Å². The summed E-state index contributed by atoms with van der Waals surface area (Å²) in [6.45, 7) is 5.21. The molecular formula is C31H43IN2O8. The summed E-state index contributed by atoms with van der Waals surface area (Å²) in [4.78, 5) is 40.1. The zero-order chi connectivity index (χ0) is 30.6. The van der Waals surface area contributed by atoms with Crippen molar-refractivity contribution >= 4 is 40.7 Å². The summed E-state index contributed by atoms with van der Waals surface area (Å²) in [6, 6.07) is 2.47. The summed E-state index contributed by atoms with van der Waals surface area (Å²) in [5.74, 6) is 1.60. The lowest BCUT2D eigenvalue weighted by atomic mass is 9.45. The minimum Gasteiger partial charge on any atom is -0.493 e. The molecular weight excluding hydrogens is 655 g/mol. The Morgan fingerprint density at radius 1 is 1.24 bits per heavy atom. The van der Waals surface area contributed by atoms with E-state index in [9.17, 15) is 24.6 Å². The monoisotopic (exact) mass is 698 g/mol. The van der Waals surface area contributed by atoms with E-state index < -0.39 is 24.2 Å². The van der Waals surface area contributed by atoms with Crippen LogP contribution in [0.4, 0.5) is 0 Å². The van der Waals surface area contributed by atoms with Crippen LogP contribution in [0.15, 0.2) is 23.8 Å². The third kappa shape index (κ3) is 6.79. The Morgan fingerprint density at radius 3 is 2.62 bits per heavy atom. The maximum absolute atomic E-state index is 13.7. The minimum atomic E-state index is -1.15. The van der Waals surface area contributed by atoms with Gasteiger partial charge in [-0.15, -0.1) is 0 Å². The van der Waals surface area contributed by atoms with E-state index in [1.807, 2.05) is 22.6 Å². The number of nitrogens with zero attached hydrogens (tertiary/aromatic N) is 1. The molecule has 10 nitrogen and oxygen atoms in total. The first-order chi connectivity index (χ1) is 20.0. The average Bonchev–Trinajstić information content (AvgIpc) is 2.99. The molecule has 6 unspecified atom stereocenters. The molecule has 1 aromatic carbocycles. The van der Waals surface area contributed by atoms with Crippen molar-refractivity contribution in [3.63, 3.8) is 0 Å². The fraction of sp³-hybridized carbons (Fsp3) is 0.645. The number of carbonyl (C=O) groups excluding carboxylic acids is 3. The molecule has 6 atom stereocenters. The largest absolute Gasteiger partial charge is 0.493 e. The highest BCUT2D eigenvalue weighted by Gasteiger charge is 2.55. The van der Waals surface area contributed by atoms with E-state index in [0.29, 0.717) is 50.9 Å². The van der Waals surface area contributed by atoms with Crippen molar-refractivity contribution in [3.05, 3.63) is 32.9 Å². The average molecular weight is 699 g/mol. The lowest BCUT2D eigenvalue weighted by Gasteiger charge is -2.61. The molecule has 232 valence electrons. The topological polar surface area (TPSA) is 135 Å². The Hall–Kier alpha value is -2.22. The van der Waals surface area contributed by atoms with E-state index >= 15 is 0 Å². The molecule has 3 fully saturated rings. The lowest BCUT2D eigenvalue weighted by Crippen LogP contribution is -2.59. The number of aliphatic hydroxyl groups excluding tert-OH is 2. The number of aldehydes is 1. The van der Waals surface area contributed by atoms with Gasteiger partial charge in [0.05, 0.1) is 36.4 Å². The van der Waals surface area contributed by atoms with Gasteiger partial charge >= 0.3 is 0 Å². The van der Waals surface area contributed by atoms with Crippen molar-refractivity contribution in [2.75, 3.05) is 40.5 Å². The molecule has 0 heterocycles. The van der Waals surface area contributed by atoms with Crippen molar-refractivity contribution < 1.29 is 38.8 Å². The molecule has 5 rings (SSSR count). The van der Waals surface area contributed by atoms with E-state index in [1.54, 1.807) is 30.2 Å². The van der Waals surface area contributed by atoms with E-state index in [4.69, 9.17) is 14.2 Å². The van der Waals surface area contributed by atoms with Crippen molar-refractivity contribution in [2.24, 2.45) is 23.2 Å². The first-order valence-corrected chi connectivity index (χ1v) is 15.7. The Bertz CT molecular complexity index is 1190. The Labute approximate surface area is 261 Å². The van der Waals surface area contributed by atoms with Gasteiger partial charge in [-0.3, -0.25) is 14.4 Å². The van der Waals surface area contributed by atoms with E-state index in [1.165, 1.54) is 7.11 Å². The molecule has 0 saturated heterocycles. The quantitative estimate of drug-likeness (QED) is 0.212. The highest BCUT2D eigenvalue weighted by molar-refractivity contribution is 14.1. The number of nitrogens with one attached hydrogen (secondary N) is 1. The summed E-state index contributed by atoms with van der Waals surface area (Å²) in [5.41, 5.74) is 0.991. The van der Waals surface area contributed by atoms with Crippen molar-refractivity contribution in [1.29, 1.82) is 0 Å². The second-order valence-corrected chi connectivity index (χ2v) is 13.3. The van der Waals surface area contributed by atoms with Crippen LogP contribution in [-0.4, -0.2) is 92.0 Å². The number of hydrogen-bond donors (Lipinski definition) is 3. The van der Waals surface area contributed by atoms with Crippen LogP contribution < -0.4 is 14.8 Å². The van der Waals surface area contributed by atoms with Gasteiger partial charge in [-0.1, -0.05) is 13.8 Å². The third-order valence-corrected chi connectivity index (χ3v) is 10.3. The second-order valence-electron chi connectivity index (χ2n) is 12.2. The number of benzene rings is 1. The van der Waals surface area contributed by atoms with Gasteiger partial charge < -0.3 is 34.6 Å². The summed E-state index contributed by atoms with van der Waals surface area (Å²) in [5, 5.41) is 23.8. The second kappa shape index (κ2) is 14.0. The molecule has 0 radical (unpaired) electrons. The molecule has 1 aromatic rings. The van der Waals surface area contributed by atoms with Crippen LogP contribution in [0.25, 0.3) is 0 Å². The number of amides is 2. The van der Waals surface area contributed by atoms with Gasteiger partial charge in [-0.2, -0.15) is 0 Å². The molecule has 3 N–H and O–H groups in total. The predicted octanol–water partition coefficient (Wildman–Crippen LogP) is 2.97. The molecule has 42 heavy (non-hydrogen) atoms. The summed E-state index contributed by atoms with van der Waals surface area (Å²) >= 11 is 2.04. The highest BCUT2D eigenvalue weighted by atomic mass is 127. The first kappa shape index (κ1) is 32.7. The maximum Gasteiger partial charge on any atom is 0.247 e. The zero-order valence-electron chi connectivity index (χ0n) is 24.8. The van der Waals surface area contributed by atoms with Gasteiger partial charge in [-0.05, 0) is 83.2 Å². The molecule has 4 aliphatic rings. The molecule has 3 saturated carbocycles. The molecule has 0 aromatic heterocycles. The van der Waals surface area contributed by atoms with Gasteiger partial charge in [0, 0.05) is 37.8 Å². The van der Waals surface area contributed by atoms with Crippen LogP contribution in [0.3, 0.4) is 0 Å². The zero-order valence-corrected chi connectivity index (χ0v) is 27.0. The van der Waals surface area contributed by atoms with Crippen LogP contribution in [0.2, 0.25) is 0 Å². The molecule has 2 amide bonds. The molecule has 0 aliphatic heterocycles. The Kier molecular flexibility index (Phi) is 10.9. The van der Waals surface area contributed by atoms with Gasteiger partial charge in [0.25, 0.3) is 0 Å². The van der Waals surface area contributed by atoms with Gasteiger partial charge in [-0.25, -0.2) is 0 Å². The fourth-order valence-electron chi connectivity index (χ4n) is 7.03. The number of rotatable bonds is 13. The fourth-order valence-corrected chi connectivity index (χ4v) is 7.78. The first-order valence-electron chi connectivity index (χ1n) is 14.6. The SMILES string of the molecule is COCCC(=O)N(CC1CCC2CC1C2(C)C)C1CC(C(=O)NCCO)=CC(Oc2c(I)cc(C=O)cc2OC)C1O. The number of hydrogen-bond acceptors (Lipinski definition) is 8. The number of carbonyl (C=O) groups is 3. The van der Waals surface area contributed by atoms with Crippen molar-refractivity contribution in [1.82, 2.24) is 10.2 Å². The predicted molar refractivity (Wildman–Crippen MR) is 164 cm³/mol. The van der Waals surface area contributed by atoms with Crippen LogP contribution in [0.1, 0.15) is 56.3 Å². The maximum atomic E-state index is 13.7. The van der Waals surface area contributed by atoms with Gasteiger partial charge in [0.2, 0.25) is 11.8 Å². The minimum absolute atomic E-state index is 0.0737. The Morgan fingerprint density at radius 2 is 2.00 bits per heavy atom. The highest BCUT2D eigenvalue weighted by Crippen LogP contribution is 2.61. The third-order valence-electron chi connectivity index (χ3n) is 9.53. The van der Waals surface area contributed by atoms with Crippen LogP contribution in [-0.2, 0) is 14.3 Å². The van der Waals surface area contributed by atoms with Crippen LogP contribution >= 0.6 is 22.6 Å². The standard InChI is InChI=1S/C31H43IN2O8/c1-31(2)21-6-5-19(22(31)15-21)16-34(27(37)7-10-40-3)24-13-20(30(39)33-8-9-35)14-25(28(24)38)42-29-23(32)11-18(17-36)12-26(29)41-4/h11-12,14,17,19,21-22,24-25,28,35,38H,5-10,13,15-16H2,1-4H3,(H,33,39). The molecule has 4 aliphatic carbocycles. The molecule has 2 bridgehead atoms. The van der Waals surface area contributed by atoms with E-state index in [2.05, 4.69) is 19.2 Å². The van der Waals surface area contributed by atoms with E-state index in [0.717, 1.165) is 19.3 Å². The number of halogens is 1. The molecule has 0 spiro atoms. The smallest absolute Gasteiger partial charge is 0.247 e. The number of fused-ring (bicyclic) bond motifs is 2. The summed E-state index contributed by atoms with van der Waals surface area (Å²) < 4.78 is 17.6. The van der Waals surface area contributed by atoms with Crippen LogP contribution in [0, 0.1) is 26.7 Å².